The molecule has 4 rings (SSSR count). The Hall–Kier alpha value is -2.22. The number of hydrogen-bond donors (Lipinski definition) is 1. The van der Waals surface area contributed by atoms with Gasteiger partial charge < -0.3 is 14.6 Å². The van der Waals surface area contributed by atoms with Crippen LogP contribution in [0.3, 0.4) is 0 Å². The zero-order valence-corrected chi connectivity index (χ0v) is 14.8. The predicted octanol–water partition coefficient (Wildman–Crippen LogP) is 2.95. The molecule has 0 bridgehead atoms. The van der Waals surface area contributed by atoms with Gasteiger partial charge in [-0.25, -0.2) is 0 Å². The highest BCUT2D eigenvalue weighted by Gasteiger charge is 2.27. The van der Waals surface area contributed by atoms with Gasteiger partial charge in [-0.15, -0.1) is 11.3 Å². The standard InChI is InChI=1S/C18H20N4O2S/c1-23-15-6-3-2-5-13(15)14-11-19-8-9-22(14)12-17-20-18(21-24-17)16-7-4-10-25-16/h2-7,10,14,19H,8-9,11-12H2,1H3. The summed E-state index contributed by atoms with van der Waals surface area (Å²) in [6.07, 6.45) is 0. The van der Waals surface area contributed by atoms with Gasteiger partial charge in [0, 0.05) is 25.2 Å². The van der Waals surface area contributed by atoms with Gasteiger partial charge in [0.05, 0.1) is 24.6 Å². The number of piperazine rings is 1. The number of methoxy groups -OCH3 is 1. The molecule has 25 heavy (non-hydrogen) atoms. The lowest BCUT2D eigenvalue weighted by Crippen LogP contribution is -2.45. The summed E-state index contributed by atoms with van der Waals surface area (Å²) >= 11 is 1.61. The van der Waals surface area contributed by atoms with Crippen LogP contribution in [0.25, 0.3) is 10.7 Å². The van der Waals surface area contributed by atoms with Crippen molar-refractivity contribution in [1.82, 2.24) is 20.4 Å². The van der Waals surface area contributed by atoms with Crippen LogP contribution in [0.15, 0.2) is 46.3 Å². The molecule has 1 aromatic carbocycles. The second-order valence-corrected chi connectivity index (χ2v) is 6.87. The van der Waals surface area contributed by atoms with E-state index in [1.54, 1.807) is 18.4 Å². The van der Waals surface area contributed by atoms with Crippen molar-refractivity contribution in [2.75, 3.05) is 26.7 Å². The second-order valence-electron chi connectivity index (χ2n) is 5.92. The van der Waals surface area contributed by atoms with Crippen molar-refractivity contribution in [2.24, 2.45) is 0 Å². The van der Waals surface area contributed by atoms with Gasteiger partial charge in [0.25, 0.3) is 0 Å². The monoisotopic (exact) mass is 356 g/mol. The molecule has 3 heterocycles. The van der Waals surface area contributed by atoms with E-state index < -0.39 is 0 Å². The first-order valence-corrected chi connectivity index (χ1v) is 9.17. The molecule has 1 saturated heterocycles. The summed E-state index contributed by atoms with van der Waals surface area (Å²) in [5.74, 6) is 2.21. The highest BCUT2D eigenvalue weighted by molar-refractivity contribution is 7.13. The molecule has 0 spiro atoms. The second kappa shape index (κ2) is 7.35. The molecule has 2 aromatic heterocycles. The van der Waals surface area contributed by atoms with Gasteiger partial charge in [-0.2, -0.15) is 4.98 Å². The summed E-state index contributed by atoms with van der Waals surface area (Å²) in [6, 6.07) is 12.4. The Morgan fingerprint density at radius 3 is 3.08 bits per heavy atom. The number of hydrogen-bond acceptors (Lipinski definition) is 7. The van der Waals surface area contributed by atoms with E-state index in [2.05, 4.69) is 26.4 Å². The van der Waals surface area contributed by atoms with Crippen LogP contribution in [0.4, 0.5) is 0 Å². The van der Waals surface area contributed by atoms with Crippen molar-refractivity contribution in [1.29, 1.82) is 0 Å². The Labute approximate surface area is 150 Å². The molecule has 7 heteroatoms. The first-order valence-electron chi connectivity index (χ1n) is 8.29. The molecule has 3 aromatic rings. The Bertz CT molecular complexity index is 818. The fourth-order valence-corrected chi connectivity index (χ4v) is 3.83. The van der Waals surface area contributed by atoms with E-state index in [9.17, 15) is 0 Å². The number of benzene rings is 1. The molecule has 0 amide bonds. The first kappa shape index (κ1) is 16.3. The van der Waals surface area contributed by atoms with Gasteiger partial charge in [-0.3, -0.25) is 4.90 Å². The topological polar surface area (TPSA) is 63.4 Å². The quantitative estimate of drug-likeness (QED) is 0.758. The van der Waals surface area contributed by atoms with Crippen LogP contribution < -0.4 is 10.1 Å². The van der Waals surface area contributed by atoms with Crippen molar-refractivity contribution >= 4 is 11.3 Å². The van der Waals surface area contributed by atoms with Gasteiger partial charge in [0.2, 0.25) is 11.7 Å². The Balaban J connectivity index is 1.55. The third-order valence-electron chi connectivity index (χ3n) is 4.40. The molecule has 0 aliphatic carbocycles. The molecule has 1 aliphatic heterocycles. The number of nitrogens with zero attached hydrogens (tertiary/aromatic N) is 3. The summed E-state index contributed by atoms with van der Waals surface area (Å²) in [5.41, 5.74) is 1.18. The molecule has 1 unspecified atom stereocenters. The van der Waals surface area contributed by atoms with Crippen LogP contribution in [0.2, 0.25) is 0 Å². The normalized spacial score (nSPS) is 18.4. The van der Waals surface area contributed by atoms with Crippen molar-refractivity contribution < 1.29 is 9.26 Å². The summed E-state index contributed by atoms with van der Waals surface area (Å²) in [6.45, 7) is 3.35. The fourth-order valence-electron chi connectivity index (χ4n) is 3.18. The average Bonchev–Trinajstić information content (AvgIpc) is 3.34. The Morgan fingerprint density at radius 2 is 2.24 bits per heavy atom. The molecule has 1 fully saturated rings. The van der Waals surface area contributed by atoms with Crippen molar-refractivity contribution in [3.8, 4) is 16.5 Å². The molecule has 130 valence electrons. The van der Waals surface area contributed by atoms with Gasteiger partial charge in [-0.05, 0) is 17.5 Å². The van der Waals surface area contributed by atoms with Gasteiger partial charge in [0.1, 0.15) is 5.75 Å². The minimum atomic E-state index is 0.210. The highest BCUT2D eigenvalue weighted by Crippen LogP contribution is 2.31. The molecule has 0 radical (unpaired) electrons. The maximum absolute atomic E-state index is 5.55. The number of rotatable bonds is 5. The van der Waals surface area contributed by atoms with Crippen LogP contribution in [-0.2, 0) is 6.54 Å². The third kappa shape index (κ3) is 3.44. The SMILES string of the molecule is COc1ccccc1C1CNCCN1Cc1nc(-c2cccs2)no1. The summed E-state index contributed by atoms with van der Waals surface area (Å²) in [4.78, 5) is 7.94. The van der Waals surface area contributed by atoms with E-state index in [0.29, 0.717) is 18.3 Å². The molecule has 6 nitrogen and oxygen atoms in total. The predicted molar refractivity (Wildman–Crippen MR) is 96.6 cm³/mol. The molecular weight excluding hydrogens is 336 g/mol. The van der Waals surface area contributed by atoms with Crippen LogP contribution in [0.5, 0.6) is 5.75 Å². The average molecular weight is 356 g/mol. The van der Waals surface area contributed by atoms with Gasteiger partial charge >= 0.3 is 0 Å². The van der Waals surface area contributed by atoms with Crippen LogP contribution in [0.1, 0.15) is 17.5 Å². The molecule has 1 N–H and O–H groups in total. The number of aromatic nitrogens is 2. The number of nitrogens with one attached hydrogen (secondary N) is 1. The summed E-state index contributed by atoms with van der Waals surface area (Å²) in [7, 11) is 1.71. The first-order chi connectivity index (χ1) is 12.3. The van der Waals surface area contributed by atoms with Crippen molar-refractivity contribution in [2.45, 2.75) is 12.6 Å². The van der Waals surface area contributed by atoms with Crippen LogP contribution in [-0.4, -0.2) is 41.8 Å². The Morgan fingerprint density at radius 1 is 1.32 bits per heavy atom. The van der Waals surface area contributed by atoms with E-state index in [-0.39, 0.29) is 6.04 Å². The number of para-hydroxylation sites is 1. The van der Waals surface area contributed by atoms with Crippen LogP contribution in [0, 0.1) is 0 Å². The van der Waals surface area contributed by atoms with E-state index in [0.717, 1.165) is 30.3 Å². The fraction of sp³-hybridized carbons (Fsp3) is 0.333. The largest absolute Gasteiger partial charge is 0.496 e. The molecule has 1 atom stereocenters. The minimum Gasteiger partial charge on any atom is -0.496 e. The van der Waals surface area contributed by atoms with E-state index in [1.807, 2.05) is 35.7 Å². The van der Waals surface area contributed by atoms with Crippen molar-refractivity contribution in [3.05, 3.63) is 53.2 Å². The van der Waals surface area contributed by atoms with Crippen molar-refractivity contribution in [3.63, 3.8) is 0 Å². The lowest BCUT2D eigenvalue weighted by molar-refractivity contribution is 0.133. The number of thiophene rings is 1. The lowest BCUT2D eigenvalue weighted by Gasteiger charge is -2.36. The van der Waals surface area contributed by atoms with E-state index >= 15 is 0 Å². The molecular formula is C18H20N4O2S. The van der Waals surface area contributed by atoms with Gasteiger partial charge in [-0.1, -0.05) is 29.4 Å². The van der Waals surface area contributed by atoms with Crippen LogP contribution >= 0.6 is 11.3 Å². The molecule has 0 saturated carbocycles. The zero-order chi connectivity index (χ0) is 17.1. The zero-order valence-electron chi connectivity index (χ0n) is 14.0. The Kier molecular flexibility index (Phi) is 4.78. The smallest absolute Gasteiger partial charge is 0.241 e. The minimum absolute atomic E-state index is 0.210. The van der Waals surface area contributed by atoms with E-state index in [1.165, 1.54) is 5.56 Å². The maximum Gasteiger partial charge on any atom is 0.241 e. The summed E-state index contributed by atoms with van der Waals surface area (Å²) in [5, 5.41) is 9.59. The number of ether oxygens (including phenoxy) is 1. The highest BCUT2D eigenvalue weighted by atomic mass is 32.1. The lowest BCUT2D eigenvalue weighted by atomic mass is 10.0. The van der Waals surface area contributed by atoms with E-state index in [4.69, 9.17) is 9.26 Å². The van der Waals surface area contributed by atoms with Gasteiger partial charge in [0.15, 0.2) is 0 Å². The summed E-state index contributed by atoms with van der Waals surface area (Å²) < 4.78 is 11.0. The maximum atomic E-state index is 5.55. The molecule has 1 aliphatic rings. The third-order valence-corrected chi connectivity index (χ3v) is 5.27.